The minimum Gasteiger partial charge on any atom is -0.502 e. The molecule has 34 heavy (non-hydrogen) atoms. The fourth-order valence-electron chi connectivity index (χ4n) is 3.25. The van der Waals surface area contributed by atoms with E-state index in [2.05, 4.69) is 4.98 Å². The summed E-state index contributed by atoms with van der Waals surface area (Å²) in [4.78, 5) is 35.0. The first-order chi connectivity index (χ1) is 16.3. The number of rotatable bonds is 7. The van der Waals surface area contributed by atoms with E-state index in [9.17, 15) is 23.5 Å². The molecule has 0 radical (unpaired) electrons. The maximum absolute atomic E-state index is 13.9. The van der Waals surface area contributed by atoms with Crippen molar-refractivity contribution in [3.63, 3.8) is 0 Å². The molecule has 0 aliphatic carbocycles. The van der Waals surface area contributed by atoms with Crippen molar-refractivity contribution in [2.45, 2.75) is 0 Å². The molecule has 0 bridgehead atoms. The summed E-state index contributed by atoms with van der Waals surface area (Å²) in [5.41, 5.74) is 1.60. The topological polar surface area (TPSA) is 93.4 Å². The van der Waals surface area contributed by atoms with Crippen molar-refractivity contribution in [3.05, 3.63) is 74.4 Å². The largest absolute Gasteiger partial charge is 0.502 e. The average Bonchev–Trinajstić information content (AvgIpc) is 3.38. The van der Waals surface area contributed by atoms with Gasteiger partial charge in [0.2, 0.25) is 0 Å². The summed E-state index contributed by atoms with van der Waals surface area (Å²) in [6, 6.07) is 9.08. The summed E-state index contributed by atoms with van der Waals surface area (Å²) in [7, 11) is 2.71. The predicted octanol–water partition coefficient (Wildman–Crippen LogP) is 2.80. The summed E-state index contributed by atoms with van der Waals surface area (Å²) in [5.74, 6) is -1.91. The number of hydroxylamine groups is 2. The standard InChI is InChI=1S/C23H19F2N3O5S/c1-27(33-8-7-24)21(30)15-5-3-14(4-6-15)17-12-28-22(31)19(34-23(28)26-17)11-13-9-16(25)20(29)18(10-13)32-2/h3-6,9-12,29H,7-8H2,1-2H3/b19-11-. The van der Waals surface area contributed by atoms with Gasteiger partial charge in [0.25, 0.3) is 11.5 Å². The van der Waals surface area contributed by atoms with E-state index in [1.54, 1.807) is 30.5 Å². The second kappa shape index (κ2) is 9.57. The Morgan fingerprint density at radius 3 is 2.68 bits per heavy atom. The van der Waals surface area contributed by atoms with Gasteiger partial charge in [-0.15, -0.1) is 0 Å². The third-order valence-electron chi connectivity index (χ3n) is 4.95. The third kappa shape index (κ3) is 4.47. The molecule has 0 atom stereocenters. The van der Waals surface area contributed by atoms with E-state index in [0.717, 1.165) is 22.5 Å². The summed E-state index contributed by atoms with van der Waals surface area (Å²) < 4.78 is 32.8. The number of ether oxygens (including phenoxy) is 1. The number of thiazole rings is 1. The molecule has 2 heterocycles. The summed E-state index contributed by atoms with van der Waals surface area (Å²) in [5, 5.41) is 10.6. The van der Waals surface area contributed by atoms with Crippen molar-refractivity contribution in [3.8, 4) is 22.8 Å². The molecule has 0 unspecified atom stereocenters. The molecule has 0 aliphatic heterocycles. The SMILES string of the molecule is COc1cc(/C=c2\sc3nc(-c4ccc(C(=O)N(C)OCCF)cc4)cn3c2=O)cc(F)c1O. The number of hydrogen-bond donors (Lipinski definition) is 1. The van der Waals surface area contributed by atoms with Gasteiger partial charge in [-0.25, -0.2) is 18.8 Å². The number of imidazole rings is 1. The van der Waals surface area contributed by atoms with Crippen LogP contribution >= 0.6 is 11.3 Å². The van der Waals surface area contributed by atoms with Gasteiger partial charge in [0.1, 0.15) is 13.3 Å². The number of aromatic nitrogens is 2. The second-order valence-electron chi connectivity index (χ2n) is 7.15. The number of alkyl halides is 1. The Labute approximate surface area is 195 Å². The summed E-state index contributed by atoms with van der Waals surface area (Å²) >= 11 is 1.13. The van der Waals surface area contributed by atoms with E-state index in [1.165, 1.54) is 30.7 Å². The van der Waals surface area contributed by atoms with Crippen LogP contribution in [0.4, 0.5) is 8.78 Å². The molecule has 0 fully saturated rings. The maximum atomic E-state index is 13.9. The second-order valence-corrected chi connectivity index (χ2v) is 8.16. The van der Waals surface area contributed by atoms with Crippen LogP contribution in [0.3, 0.4) is 0 Å². The zero-order chi connectivity index (χ0) is 24.4. The summed E-state index contributed by atoms with van der Waals surface area (Å²) in [6.45, 7) is -0.910. The molecule has 0 saturated heterocycles. The van der Waals surface area contributed by atoms with E-state index >= 15 is 0 Å². The van der Waals surface area contributed by atoms with Crippen molar-refractivity contribution in [2.75, 3.05) is 27.4 Å². The average molecular weight is 487 g/mol. The number of hydrogen-bond acceptors (Lipinski definition) is 7. The van der Waals surface area contributed by atoms with Crippen LogP contribution in [0.25, 0.3) is 22.3 Å². The van der Waals surface area contributed by atoms with Crippen LogP contribution in [0.15, 0.2) is 47.4 Å². The van der Waals surface area contributed by atoms with Gasteiger partial charge in [0, 0.05) is 24.4 Å². The molecule has 4 rings (SSSR count). The Balaban J connectivity index is 1.62. The number of benzene rings is 2. The Kier molecular flexibility index (Phi) is 6.57. The molecule has 1 amide bonds. The van der Waals surface area contributed by atoms with Crippen LogP contribution in [-0.2, 0) is 4.84 Å². The predicted molar refractivity (Wildman–Crippen MR) is 122 cm³/mol. The molecule has 1 N–H and O–H groups in total. The minimum atomic E-state index is -0.858. The number of carbonyl (C=O) groups is 1. The molecule has 0 spiro atoms. The molecule has 0 aliphatic rings. The molecule has 8 nitrogen and oxygen atoms in total. The van der Waals surface area contributed by atoms with Gasteiger partial charge in [0.05, 0.1) is 17.3 Å². The van der Waals surface area contributed by atoms with Gasteiger partial charge in [-0.1, -0.05) is 23.5 Å². The number of carbonyl (C=O) groups excluding carboxylic acids is 1. The van der Waals surface area contributed by atoms with Gasteiger partial charge in [-0.05, 0) is 35.9 Å². The number of amides is 1. The number of nitrogens with zero attached hydrogens (tertiary/aromatic N) is 3. The smallest absolute Gasteiger partial charge is 0.277 e. The van der Waals surface area contributed by atoms with Crippen LogP contribution in [0.5, 0.6) is 11.5 Å². The van der Waals surface area contributed by atoms with Crippen molar-refractivity contribution in [2.24, 2.45) is 0 Å². The Morgan fingerprint density at radius 2 is 2.03 bits per heavy atom. The Bertz CT molecular complexity index is 1470. The van der Waals surface area contributed by atoms with Crippen molar-refractivity contribution >= 4 is 28.3 Å². The molecule has 2 aromatic carbocycles. The monoisotopic (exact) mass is 487 g/mol. The van der Waals surface area contributed by atoms with E-state index in [1.807, 2.05) is 0 Å². The van der Waals surface area contributed by atoms with Gasteiger partial charge in [-0.2, -0.15) is 0 Å². The maximum Gasteiger partial charge on any atom is 0.277 e. The lowest BCUT2D eigenvalue weighted by Gasteiger charge is -2.15. The van der Waals surface area contributed by atoms with Gasteiger partial charge in [-0.3, -0.25) is 18.8 Å². The highest BCUT2D eigenvalue weighted by Crippen LogP contribution is 2.30. The van der Waals surface area contributed by atoms with Crippen LogP contribution < -0.4 is 14.8 Å². The van der Waals surface area contributed by atoms with E-state index in [0.29, 0.717) is 31.9 Å². The lowest BCUT2D eigenvalue weighted by Crippen LogP contribution is -2.27. The number of fused-ring (bicyclic) bond motifs is 1. The van der Waals surface area contributed by atoms with Crippen molar-refractivity contribution in [1.82, 2.24) is 14.4 Å². The van der Waals surface area contributed by atoms with Gasteiger partial charge in [0.15, 0.2) is 22.3 Å². The molecular formula is C23H19F2N3O5S. The Hall–Kier alpha value is -3.83. The zero-order valence-corrected chi connectivity index (χ0v) is 18.9. The van der Waals surface area contributed by atoms with E-state index in [4.69, 9.17) is 9.57 Å². The molecule has 0 saturated carbocycles. The van der Waals surface area contributed by atoms with Crippen LogP contribution in [0.1, 0.15) is 15.9 Å². The van der Waals surface area contributed by atoms with Gasteiger partial charge >= 0.3 is 0 Å². The number of phenols is 1. The Morgan fingerprint density at radius 1 is 1.29 bits per heavy atom. The molecule has 4 aromatic rings. The first-order valence-corrected chi connectivity index (χ1v) is 10.8. The number of methoxy groups -OCH3 is 1. The number of halogens is 2. The fourth-order valence-corrected chi connectivity index (χ4v) is 4.21. The minimum absolute atomic E-state index is 0.0376. The summed E-state index contributed by atoms with van der Waals surface area (Å²) in [6.07, 6.45) is 3.07. The van der Waals surface area contributed by atoms with E-state index < -0.39 is 24.1 Å². The number of phenolic OH excluding ortho intramolecular Hbond substituents is 1. The van der Waals surface area contributed by atoms with Crippen LogP contribution in [-0.4, -0.2) is 52.9 Å². The lowest BCUT2D eigenvalue weighted by molar-refractivity contribution is -0.108. The first kappa shape index (κ1) is 23.3. The fraction of sp³-hybridized carbons (Fsp3) is 0.174. The van der Waals surface area contributed by atoms with Crippen LogP contribution in [0, 0.1) is 5.82 Å². The van der Waals surface area contributed by atoms with Crippen molar-refractivity contribution < 1.29 is 28.3 Å². The molecule has 2 aromatic heterocycles. The van der Waals surface area contributed by atoms with E-state index in [-0.39, 0.29) is 17.9 Å². The molecular weight excluding hydrogens is 468 g/mol. The normalized spacial score (nSPS) is 11.8. The molecule has 11 heteroatoms. The highest BCUT2D eigenvalue weighted by atomic mass is 32.1. The third-order valence-corrected chi connectivity index (χ3v) is 5.93. The first-order valence-electron chi connectivity index (χ1n) is 10.00. The lowest BCUT2D eigenvalue weighted by atomic mass is 10.1. The van der Waals surface area contributed by atoms with Crippen molar-refractivity contribution in [1.29, 1.82) is 0 Å². The highest BCUT2D eigenvalue weighted by Gasteiger charge is 2.15. The van der Waals surface area contributed by atoms with Gasteiger partial charge < -0.3 is 9.84 Å². The molecule has 176 valence electrons. The highest BCUT2D eigenvalue weighted by molar-refractivity contribution is 7.15. The van der Waals surface area contributed by atoms with Crippen LogP contribution in [0.2, 0.25) is 0 Å². The number of aromatic hydroxyl groups is 1. The quantitative estimate of drug-likeness (QED) is 0.403. The zero-order valence-electron chi connectivity index (χ0n) is 18.1.